The number of nitrogens with two attached hydrogens (primary N) is 1. The number of rotatable bonds is 6. The molecule has 0 aliphatic carbocycles. The van der Waals surface area contributed by atoms with E-state index in [9.17, 15) is 12.8 Å². The first-order valence-corrected chi connectivity index (χ1v) is 9.73. The Morgan fingerprint density at radius 1 is 1.20 bits per heavy atom. The van der Waals surface area contributed by atoms with Crippen molar-refractivity contribution >= 4 is 10.0 Å². The number of sulfonamides is 1. The van der Waals surface area contributed by atoms with Crippen LogP contribution in [0.15, 0.2) is 53.4 Å². The standard InChI is InChI=1S/C18H21FN2O3S/c19-15-4-1-3-14(13-15)18-5-2-10-21(18)11-12-24-16-6-8-17(9-7-16)25(20,22)23/h1,3-4,6-9,13,18H,2,5,10-12H2,(H2,20,22,23). The molecule has 2 N–H and O–H groups in total. The maximum Gasteiger partial charge on any atom is 0.238 e. The first kappa shape index (κ1) is 17.8. The van der Waals surface area contributed by atoms with E-state index in [1.807, 2.05) is 6.07 Å². The van der Waals surface area contributed by atoms with Crippen LogP contribution in [0, 0.1) is 5.82 Å². The first-order chi connectivity index (χ1) is 11.9. The van der Waals surface area contributed by atoms with Gasteiger partial charge in [0.1, 0.15) is 18.2 Å². The summed E-state index contributed by atoms with van der Waals surface area (Å²) in [4.78, 5) is 2.35. The lowest BCUT2D eigenvalue weighted by molar-refractivity contribution is 0.197. The molecule has 0 aromatic heterocycles. The highest BCUT2D eigenvalue weighted by Crippen LogP contribution is 2.31. The third kappa shape index (κ3) is 4.56. The highest BCUT2D eigenvalue weighted by Gasteiger charge is 2.25. The zero-order valence-corrected chi connectivity index (χ0v) is 14.6. The van der Waals surface area contributed by atoms with E-state index in [2.05, 4.69) is 4.90 Å². The number of hydrogen-bond donors (Lipinski definition) is 1. The molecule has 0 amide bonds. The Bertz CT molecular complexity index is 824. The fourth-order valence-electron chi connectivity index (χ4n) is 3.19. The number of benzene rings is 2. The number of primary sulfonamides is 1. The molecule has 0 bridgehead atoms. The summed E-state index contributed by atoms with van der Waals surface area (Å²) in [6.07, 6.45) is 2.08. The van der Waals surface area contributed by atoms with Crippen molar-refractivity contribution in [2.75, 3.05) is 19.7 Å². The van der Waals surface area contributed by atoms with E-state index in [1.165, 1.54) is 18.2 Å². The minimum absolute atomic E-state index is 0.0607. The minimum Gasteiger partial charge on any atom is -0.492 e. The molecule has 1 saturated heterocycles. The van der Waals surface area contributed by atoms with Crippen molar-refractivity contribution in [1.82, 2.24) is 4.90 Å². The molecule has 1 aliphatic heterocycles. The van der Waals surface area contributed by atoms with Crippen LogP contribution in [-0.2, 0) is 10.0 Å². The summed E-state index contributed by atoms with van der Waals surface area (Å²) in [6.45, 7) is 2.15. The smallest absolute Gasteiger partial charge is 0.238 e. The van der Waals surface area contributed by atoms with Gasteiger partial charge in [0.2, 0.25) is 10.0 Å². The molecule has 0 radical (unpaired) electrons. The van der Waals surface area contributed by atoms with Gasteiger partial charge < -0.3 is 4.74 Å². The van der Waals surface area contributed by atoms with Crippen LogP contribution in [0.2, 0.25) is 0 Å². The molecule has 1 unspecified atom stereocenters. The van der Waals surface area contributed by atoms with Gasteiger partial charge in [-0.25, -0.2) is 17.9 Å². The third-order valence-corrected chi connectivity index (χ3v) is 5.33. The second-order valence-corrected chi connectivity index (χ2v) is 7.68. The van der Waals surface area contributed by atoms with Gasteiger partial charge in [-0.2, -0.15) is 0 Å². The molecule has 134 valence electrons. The molecule has 1 aliphatic rings. The topological polar surface area (TPSA) is 72.6 Å². The molecule has 0 saturated carbocycles. The average Bonchev–Trinajstić information content (AvgIpc) is 3.03. The van der Waals surface area contributed by atoms with Gasteiger partial charge in [0.15, 0.2) is 0 Å². The second-order valence-electron chi connectivity index (χ2n) is 6.11. The van der Waals surface area contributed by atoms with Crippen molar-refractivity contribution in [1.29, 1.82) is 0 Å². The highest BCUT2D eigenvalue weighted by atomic mass is 32.2. The Morgan fingerprint density at radius 3 is 2.64 bits per heavy atom. The predicted molar refractivity (Wildman–Crippen MR) is 93.3 cm³/mol. The van der Waals surface area contributed by atoms with E-state index in [0.29, 0.717) is 12.4 Å². The number of ether oxygens (including phenoxy) is 1. The maximum absolute atomic E-state index is 13.4. The Kier molecular flexibility index (Phi) is 5.36. The Hall–Kier alpha value is -1.96. The molecular formula is C18H21FN2O3S. The van der Waals surface area contributed by atoms with Gasteiger partial charge in [-0.05, 0) is 61.3 Å². The van der Waals surface area contributed by atoms with Gasteiger partial charge in [0, 0.05) is 12.6 Å². The largest absolute Gasteiger partial charge is 0.492 e. The van der Waals surface area contributed by atoms with E-state index in [0.717, 1.165) is 31.5 Å². The normalized spacial score (nSPS) is 18.4. The molecule has 1 heterocycles. The number of likely N-dealkylation sites (tertiary alicyclic amines) is 1. The van der Waals surface area contributed by atoms with Gasteiger partial charge in [0.25, 0.3) is 0 Å². The molecule has 3 rings (SSSR count). The van der Waals surface area contributed by atoms with E-state index < -0.39 is 10.0 Å². The van der Waals surface area contributed by atoms with Gasteiger partial charge in [-0.15, -0.1) is 0 Å². The lowest BCUT2D eigenvalue weighted by Crippen LogP contribution is -2.28. The van der Waals surface area contributed by atoms with E-state index in [4.69, 9.17) is 9.88 Å². The summed E-state index contributed by atoms with van der Waals surface area (Å²) >= 11 is 0. The van der Waals surface area contributed by atoms with E-state index >= 15 is 0 Å². The molecule has 1 fully saturated rings. The summed E-state index contributed by atoms with van der Waals surface area (Å²) in [7, 11) is -3.69. The van der Waals surface area contributed by atoms with Crippen LogP contribution in [0.4, 0.5) is 4.39 Å². The van der Waals surface area contributed by atoms with Crippen LogP contribution < -0.4 is 9.88 Å². The van der Waals surface area contributed by atoms with E-state index in [-0.39, 0.29) is 16.8 Å². The lowest BCUT2D eigenvalue weighted by Gasteiger charge is -2.24. The summed E-state index contributed by atoms with van der Waals surface area (Å²) in [5.74, 6) is 0.379. The second kappa shape index (κ2) is 7.51. The van der Waals surface area contributed by atoms with Gasteiger partial charge in [-0.3, -0.25) is 4.90 Å². The number of hydrogen-bond acceptors (Lipinski definition) is 4. The van der Waals surface area contributed by atoms with Crippen molar-refractivity contribution in [3.05, 3.63) is 59.9 Å². The molecule has 5 nitrogen and oxygen atoms in total. The van der Waals surface area contributed by atoms with Crippen molar-refractivity contribution in [3.63, 3.8) is 0 Å². The monoisotopic (exact) mass is 364 g/mol. The summed E-state index contributed by atoms with van der Waals surface area (Å²) in [5.41, 5.74) is 0.995. The Balaban J connectivity index is 1.56. The van der Waals surface area contributed by atoms with Crippen LogP contribution >= 0.6 is 0 Å². The predicted octanol–water partition coefficient (Wildman–Crippen LogP) is 2.69. The third-order valence-electron chi connectivity index (χ3n) is 4.40. The van der Waals surface area contributed by atoms with Crippen LogP contribution in [0.1, 0.15) is 24.4 Å². The summed E-state index contributed by atoms with van der Waals surface area (Å²) in [5, 5.41) is 5.07. The number of halogens is 1. The maximum atomic E-state index is 13.4. The fourth-order valence-corrected chi connectivity index (χ4v) is 3.71. The van der Waals surface area contributed by atoms with Crippen LogP contribution in [0.25, 0.3) is 0 Å². The molecule has 0 spiro atoms. The van der Waals surface area contributed by atoms with Gasteiger partial charge >= 0.3 is 0 Å². The van der Waals surface area contributed by atoms with Gasteiger partial charge in [0.05, 0.1) is 4.90 Å². The SMILES string of the molecule is NS(=O)(=O)c1ccc(OCCN2CCCC2c2cccc(F)c2)cc1. The van der Waals surface area contributed by atoms with Crippen molar-refractivity contribution in [2.24, 2.45) is 5.14 Å². The summed E-state index contributed by atoms with van der Waals surface area (Å²) < 4.78 is 41.6. The molecule has 7 heteroatoms. The number of nitrogens with zero attached hydrogens (tertiary/aromatic N) is 1. The van der Waals surface area contributed by atoms with Gasteiger partial charge in [-0.1, -0.05) is 12.1 Å². The molecule has 2 aromatic rings. The van der Waals surface area contributed by atoms with Crippen molar-refractivity contribution in [2.45, 2.75) is 23.8 Å². The van der Waals surface area contributed by atoms with E-state index in [1.54, 1.807) is 24.3 Å². The minimum atomic E-state index is -3.69. The highest BCUT2D eigenvalue weighted by molar-refractivity contribution is 7.89. The van der Waals surface area contributed by atoms with Crippen LogP contribution in [-0.4, -0.2) is 33.0 Å². The first-order valence-electron chi connectivity index (χ1n) is 8.19. The lowest BCUT2D eigenvalue weighted by atomic mass is 10.0. The zero-order valence-electron chi connectivity index (χ0n) is 13.8. The summed E-state index contributed by atoms with van der Waals surface area (Å²) in [6, 6.07) is 13.0. The molecular weight excluding hydrogens is 343 g/mol. The molecule has 1 atom stereocenters. The van der Waals surface area contributed by atoms with Crippen LogP contribution in [0.5, 0.6) is 5.75 Å². The Morgan fingerprint density at radius 2 is 1.96 bits per heavy atom. The Labute approximate surface area is 147 Å². The average molecular weight is 364 g/mol. The zero-order chi connectivity index (χ0) is 17.9. The quantitative estimate of drug-likeness (QED) is 0.855. The van der Waals surface area contributed by atoms with Crippen molar-refractivity contribution < 1.29 is 17.5 Å². The molecule has 2 aromatic carbocycles. The fraction of sp³-hybridized carbons (Fsp3) is 0.333. The molecule has 25 heavy (non-hydrogen) atoms. The van der Waals surface area contributed by atoms with Crippen LogP contribution in [0.3, 0.4) is 0 Å². The van der Waals surface area contributed by atoms with Crippen molar-refractivity contribution in [3.8, 4) is 5.75 Å².